The predicted octanol–water partition coefficient (Wildman–Crippen LogP) is 5.01. The maximum absolute atomic E-state index is 12.6. The van der Waals surface area contributed by atoms with E-state index in [0.29, 0.717) is 34.1 Å². The van der Waals surface area contributed by atoms with Gasteiger partial charge >= 0.3 is 5.97 Å². The molecule has 1 amide bonds. The van der Waals surface area contributed by atoms with Crippen molar-refractivity contribution >= 4 is 40.0 Å². The third-order valence-corrected chi connectivity index (χ3v) is 7.28. The Morgan fingerprint density at radius 3 is 2.82 bits per heavy atom. The Morgan fingerprint density at radius 1 is 1.30 bits per heavy atom. The molecule has 1 fully saturated rings. The van der Waals surface area contributed by atoms with Crippen LogP contribution in [0.2, 0.25) is 0 Å². The molecule has 4 rings (SSSR count). The highest BCUT2D eigenvalue weighted by Gasteiger charge is 2.43. The lowest BCUT2D eigenvalue weighted by molar-refractivity contribution is -0.113. The van der Waals surface area contributed by atoms with Gasteiger partial charge in [-0.1, -0.05) is 48.2 Å². The molecule has 2 heterocycles. The summed E-state index contributed by atoms with van der Waals surface area (Å²) in [5.41, 5.74) is 1.70. The molecule has 2 unspecified atom stereocenters. The van der Waals surface area contributed by atoms with Crippen LogP contribution in [-0.4, -0.2) is 39.0 Å². The van der Waals surface area contributed by atoms with Gasteiger partial charge in [0.25, 0.3) is 0 Å². The number of ether oxygens (including phenoxy) is 1. The molecule has 0 bridgehead atoms. The van der Waals surface area contributed by atoms with Gasteiger partial charge in [0.15, 0.2) is 5.16 Å². The lowest BCUT2D eigenvalue weighted by Gasteiger charge is -2.08. The summed E-state index contributed by atoms with van der Waals surface area (Å²) in [6, 6.07) is 12.2. The molecule has 1 N–H and O–H groups in total. The number of esters is 1. The third kappa shape index (κ3) is 5.36. The van der Waals surface area contributed by atoms with Crippen molar-refractivity contribution in [3.05, 3.63) is 70.9 Å². The molecular weight excluding hydrogens is 456 g/mol. The van der Waals surface area contributed by atoms with Crippen LogP contribution in [-0.2, 0) is 16.1 Å². The van der Waals surface area contributed by atoms with E-state index in [1.165, 1.54) is 28.7 Å². The van der Waals surface area contributed by atoms with Crippen molar-refractivity contribution in [2.45, 2.75) is 43.8 Å². The van der Waals surface area contributed by atoms with E-state index >= 15 is 0 Å². The van der Waals surface area contributed by atoms with E-state index in [2.05, 4.69) is 46.4 Å². The number of hydrogen-bond acceptors (Lipinski definition) is 7. The van der Waals surface area contributed by atoms with Crippen LogP contribution < -0.4 is 5.32 Å². The Morgan fingerprint density at radius 2 is 2.09 bits per heavy atom. The summed E-state index contributed by atoms with van der Waals surface area (Å²) in [5, 5.41) is 12.8. The Labute approximate surface area is 201 Å². The molecule has 1 aromatic carbocycles. The van der Waals surface area contributed by atoms with Gasteiger partial charge in [-0.15, -0.1) is 28.1 Å². The molecule has 7 nitrogen and oxygen atoms in total. The van der Waals surface area contributed by atoms with Gasteiger partial charge in [0.1, 0.15) is 10.8 Å². The van der Waals surface area contributed by atoms with Crippen molar-refractivity contribution in [3.8, 4) is 0 Å². The Bertz CT molecular complexity index is 1160. The van der Waals surface area contributed by atoms with Crippen molar-refractivity contribution in [2.75, 3.05) is 17.7 Å². The fourth-order valence-electron chi connectivity index (χ4n) is 3.79. The van der Waals surface area contributed by atoms with E-state index in [-0.39, 0.29) is 18.3 Å². The van der Waals surface area contributed by atoms with Gasteiger partial charge in [-0.05, 0) is 37.8 Å². The number of hydrogen-bond donors (Lipinski definition) is 1. The number of carbonyl (C=O) groups excluding carboxylic acids is 2. The van der Waals surface area contributed by atoms with Crippen LogP contribution in [0.15, 0.2) is 54.2 Å². The molecule has 9 heteroatoms. The number of thiophene rings is 1. The zero-order valence-electron chi connectivity index (χ0n) is 18.6. The minimum absolute atomic E-state index is 0.154. The number of carbonyl (C=O) groups is 2. The second kappa shape index (κ2) is 10.4. The van der Waals surface area contributed by atoms with Crippen LogP contribution in [0.1, 0.15) is 51.8 Å². The number of rotatable bonds is 10. The van der Waals surface area contributed by atoms with Crippen LogP contribution in [0.5, 0.6) is 0 Å². The van der Waals surface area contributed by atoms with Gasteiger partial charge in [0.05, 0.1) is 17.9 Å². The Kier molecular flexibility index (Phi) is 7.29. The first-order valence-corrected chi connectivity index (χ1v) is 12.6. The van der Waals surface area contributed by atoms with E-state index in [1.807, 2.05) is 23.6 Å². The van der Waals surface area contributed by atoms with Crippen molar-refractivity contribution in [3.63, 3.8) is 0 Å². The van der Waals surface area contributed by atoms with E-state index < -0.39 is 5.97 Å². The average Bonchev–Trinajstić information content (AvgIpc) is 3.37. The van der Waals surface area contributed by atoms with E-state index in [9.17, 15) is 9.59 Å². The van der Waals surface area contributed by atoms with Gasteiger partial charge in [-0.3, -0.25) is 4.79 Å². The smallest absolute Gasteiger partial charge is 0.341 e. The fraction of sp³-hybridized carbons (Fsp3) is 0.333. The van der Waals surface area contributed by atoms with Crippen molar-refractivity contribution in [1.82, 2.24) is 14.8 Å². The Hall–Kier alpha value is -2.91. The summed E-state index contributed by atoms with van der Waals surface area (Å²) < 4.78 is 7.13. The standard InChI is InChI=1S/C24H26N4O3S2/c1-4-11-28-21(18-13-17(18)16-9-7-6-8-10-16)26-27-24(28)32-14-20(29)25-22-19(12-15(3)33-22)23(30)31-5-2/h4,6-10,12,17-18H,1,5,11,13-14H2,2-3H3,(H,25,29). The summed E-state index contributed by atoms with van der Waals surface area (Å²) in [4.78, 5) is 25.7. The molecule has 1 aliphatic carbocycles. The number of nitrogens with one attached hydrogen (secondary N) is 1. The summed E-state index contributed by atoms with van der Waals surface area (Å²) in [6.45, 7) is 8.37. The average molecular weight is 483 g/mol. The third-order valence-electron chi connectivity index (χ3n) is 5.34. The number of anilines is 1. The molecule has 33 heavy (non-hydrogen) atoms. The second-order valence-corrected chi connectivity index (χ2v) is 9.96. The summed E-state index contributed by atoms with van der Waals surface area (Å²) in [7, 11) is 0. The van der Waals surface area contributed by atoms with Gasteiger partial charge in [0, 0.05) is 17.3 Å². The van der Waals surface area contributed by atoms with Gasteiger partial charge in [-0.2, -0.15) is 0 Å². The Balaban J connectivity index is 1.41. The number of aromatic nitrogens is 3. The highest BCUT2D eigenvalue weighted by molar-refractivity contribution is 7.99. The molecule has 3 aromatic rings. The number of amides is 1. The van der Waals surface area contributed by atoms with Gasteiger partial charge < -0.3 is 14.6 Å². The SMILES string of the molecule is C=CCn1c(SCC(=O)Nc2sc(C)cc2C(=O)OCC)nnc1C1CC1c1ccccc1. The summed E-state index contributed by atoms with van der Waals surface area (Å²) >= 11 is 2.68. The van der Waals surface area contributed by atoms with Crippen molar-refractivity contribution < 1.29 is 14.3 Å². The molecule has 0 radical (unpaired) electrons. The molecule has 0 aliphatic heterocycles. The lowest BCUT2D eigenvalue weighted by atomic mass is 10.1. The normalized spacial score (nSPS) is 16.9. The minimum atomic E-state index is -0.433. The number of thioether (sulfide) groups is 1. The summed E-state index contributed by atoms with van der Waals surface area (Å²) in [5.74, 6) is 1.22. The number of allylic oxidation sites excluding steroid dienone is 1. The second-order valence-electron chi connectivity index (χ2n) is 7.76. The first-order valence-electron chi connectivity index (χ1n) is 10.8. The molecular formula is C24H26N4O3S2. The quantitative estimate of drug-likeness (QED) is 0.248. The van der Waals surface area contributed by atoms with Crippen LogP contribution in [0.3, 0.4) is 0 Å². The first-order chi connectivity index (χ1) is 16.0. The largest absolute Gasteiger partial charge is 0.462 e. The van der Waals surface area contributed by atoms with E-state index in [1.54, 1.807) is 13.0 Å². The van der Waals surface area contributed by atoms with Gasteiger partial charge in [-0.25, -0.2) is 4.79 Å². The van der Waals surface area contributed by atoms with Crippen LogP contribution in [0, 0.1) is 6.92 Å². The fourth-order valence-corrected chi connectivity index (χ4v) is 5.46. The van der Waals surface area contributed by atoms with Gasteiger partial charge in [0.2, 0.25) is 5.91 Å². The van der Waals surface area contributed by atoms with Crippen LogP contribution in [0.4, 0.5) is 5.00 Å². The lowest BCUT2D eigenvalue weighted by Crippen LogP contribution is -2.16. The molecule has 0 saturated heterocycles. The highest BCUT2D eigenvalue weighted by atomic mass is 32.2. The maximum atomic E-state index is 12.6. The van der Waals surface area contributed by atoms with Crippen LogP contribution in [0.25, 0.3) is 0 Å². The zero-order valence-corrected chi connectivity index (χ0v) is 20.2. The summed E-state index contributed by atoms with van der Waals surface area (Å²) in [6.07, 6.45) is 2.86. The zero-order chi connectivity index (χ0) is 23.4. The monoisotopic (exact) mass is 482 g/mol. The molecule has 1 saturated carbocycles. The predicted molar refractivity (Wildman–Crippen MR) is 131 cm³/mol. The van der Waals surface area contributed by atoms with E-state index in [0.717, 1.165) is 17.1 Å². The highest BCUT2D eigenvalue weighted by Crippen LogP contribution is 2.54. The topological polar surface area (TPSA) is 86.1 Å². The van der Waals surface area contributed by atoms with Crippen molar-refractivity contribution in [1.29, 1.82) is 0 Å². The number of nitrogens with zero attached hydrogens (tertiary/aromatic N) is 3. The maximum Gasteiger partial charge on any atom is 0.341 e. The van der Waals surface area contributed by atoms with Crippen LogP contribution >= 0.6 is 23.1 Å². The molecule has 2 atom stereocenters. The minimum Gasteiger partial charge on any atom is -0.462 e. The van der Waals surface area contributed by atoms with Crippen molar-refractivity contribution in [2.24, 2.45) is 0 Å². The van der Waals surface area contributed by atoms with E-state index in [4.69, 9.17) is 4.74 Å². The number of benzene rings is 1. The number of aryl methyl sites for hydroxylation is 1. The molecule has 0 spiro atoms. The molecule has 1 aliphatic rings. The molecule has 172 valence electrons. The molecule has 2 aromatic heterocycles. The first kappa shape index (κ1) is 23.3.